The second-order valence-corrected chi connectivity index (χ2v) is 11.9. The number of carbonyl (C=O) groups is 2. The Hall–Kier alpha value is -0.310. The summed E-state index contributed by atoms with van der Waals surface area (Å²) in [5.74, 6) is 0. The minimum absolute atomic E-state index is 0.0905. The Balaban J connectivity index is 3.29. The standard InChI is InChI=1S/C32H62O2S/c1-3-5-7-9-11-13-15-17-19-21-23-25-27-29-31(33)35-32(34)30-28-26-24-22-20-18-16-14-12-10-8-6-4-2/h3-30H2,1-2H3. The highest BCUT2D eigenvalue weighted by Gasteiger charge is 2.10. The molecular formula is C32H62O2S. The van der Waals surface area contributed by atoms with Crippen molar-refractivity contribution in [2.45, 2.75) is 194 Å². The molecule has 0 unspecified atom stereocenters. The van der Waals surface area contributed by atoms with Crippen molar-refractivity contribution in [2.24, 2.45) is 0 Å². The predicted molar refractivity (Wildman–Crippen MR) is 158 cm³/mol. The number of hydrogen-bond donors (Lipinski definition) is 0. The van der Waals surface area contributed by atoms with E-state index in [0.717, 1.165) is 37.4 Å². The van der Waals surface area contributed by atoms with Crippen LogP contribution in [0.1, 0.15) is 194 Å². The van der Waals surface area contributed by atoms with Gasteiger partial charge in [0.2, 0.25) is 0 Å². The van der Waals surface area contributed by atoms with Crippen LogP contribution in [0.15, 0.2) is 0 Å². The van der Waals surface area contributed by atoms with Gasteiger partial charge in [0.1, 0.15) is 0 Å². The third kappa shape index (κ3) is 29.8. The lowest BCUT2D eigenvalue weighted by Crippen LogP contribution is -1.99. The van der Waals surface area contributed by atoms with E-state index in [2.05, 4.69) is 13.8 Å². The van der Waals surface area contributed by atoms with E-state index in [-0.39, 0.29) is 10.2 Å². The molecule has 2 nitrogen and oxygen atoms in total. The van der Waals surface area contributed by atoms with E-state index < -0.39 is 0 Å². The Morgan fingerprint density at radius 3 is 0.771 bits per heavy atom. The predicted octanol–water partition coefficient (Wildman–Crippen LogP) is 11.7. The van der Waals surface area contributed by atoms with Crippen molar-refractivity contribution in [1.82, 2.24) is 0 Å². The fourth-order valence-electron chi connectivity index (χ4n) is 4.80. The quantitative estimate of drug-likeness (QED) is 0.0981. The molecule has 0 heterocycles. The van der Waals surface area contributed by atoms with Gasteiger partial charge in [-0.25, -0.2) is 0 Å². The van der Waals surface area contributed by atoms with Crippen LogP contribution < -0.4 is 0 Å². The summed E-state index contributed by atoms with van der Waals surface area (Å²) in [7, 11) is 0. The van der Waals surface area contributed by atoms with Crippen molar-refractivity contribution in [1.29, 1.82) is 0 Å². The molecule has 0 aliphatic carbocycles. The van der Waals surface area contributed by atoms with E-state index in [4.69, 9.17) is 0 Å². The largest absolute Gasteiger partial charge is 0.287 e. The van der Waals surface area contributed by atoms with Crippen LogP contribution in [0.3, 0.4) is 0 Å². The number of unbranched alkanes of at least 4 members (excludes halogenated alkanes) is 24. The Morgan fingerprint density at radius 1 is 0.343 bits per heavy atom. The van der Waals surface area contributed by atoms with Crippen molar-refractivity contribution in [2.75, 3.05) is 0 Å². The molecule has 0 aliphatic heterocycles. The van der Waals surface area contributed by atoms with Crippen molar-refractivity contribution in [3.8, 4) is 0 Å². The number of thioether (sulfide) groups is 1. The highest BCUT2D eigenvalue weighted by molar-refractivity contribution is 8.26. The van der Waals surface area contributed by atoms with Crippen LogP contribution in [0.25, 0.3) is 0 Å². The van der Waals surface area contributed by atoms with Gasteiger partial charge in [0.15, 0.2) is 10.2 Å². The second-order valence-electron chi connectivity index (χ2n) is 10.8. The maximum atomic E-state index is 12.0. The molecule has 3 heteroatoms. The van der Waals surface area contributed by atoms with Crippen LogP contribution in [-0.4, -0.2) is 10.2 Å². The van der Waals surface area contributed by atoms with Crippen molar-refractivity contribution >= 4 is 22.0 Å². The zero-order chi connectivity index (χ0) is 25.7. The first kappa shape index (κ1) is 34.7. The zero-order valence-corrected chi connectivity index (χ0v) is 24.8. The molecule has 0 amide bonds. The second kappa shape index (κ2) is 29.9. The molecule has 0 rings (SSSR count). The smallest absolute Gasteiger partial charge is 0.196 e. The van der Waals surface area contributed by atoms with Gasteiger partial charge in [-0.3, -0.25) is 9.59 Å². The molecule has 0 spiro atoms. The molecule has 0 saturated heterocycles. The van der Waals surface area contributed by atoms with Gasteiger partial charge in [0.25, 0.3) is 0 Å². The van der Waals surface area contributed by atoms with E-state index in [1.807, 2.05) is 0 Å². The Morgan fingerprint density at radius 2 is 0.543 bits per heavy atom. The van der Waals surface area contributed by atoms with Crippen LogP contribution in [0.2, 0.25) is 0 Å². The molecule has 0 aromatic rings. The first-order valence-electron chi connectivity index (χ1n) is 15.9. The Bertz CT molecular complexity index is 409. The van der Waals surface area contributed by atoms with Gasteiger partial charge in [-0.2, -0.15) is 0 Å². The van der Waals surface area contributed by atoms with Gasteiger partial charge in [0.05, 0.1) is 0 Å². The van der Waals surface area contributed by atoms with Gasteiger partial charge in [-0.1, -0.05) is 168 Å². The maximum absolute atomic E-state index is 12.0. The average Bonchev–Trinajstić information content (AvgIpc) is 2.85. The normalized spacial score (nSPS) is 11.3. The number of rotatable bonds is 28. The van der Waals surface area contributed by atoms with Crippen LogP contribution in [-0.2, 0) is 9.59 Å². The van der Waals surface area contributed by atoms with E-state index in [1.54, 1.807) is 0 Å². The Kier molecular flexibility index (Phi) is 29.7. The molecular weight excluding hydrogens is 448 g/mol. The highest BCUT2D eigenvalue weighted by Crippen LogP contribution is 2.18. The van der Waals surface area contributed by atoms with Crippen LogP contribution >= 0.6 is 11.8 Å². The molecule has 0 aromatic heterocycles. The average molecular weight is 511 g/mol. The minimum Gasteiger partial charge on any atom is -0.287 e. The Labute approximate surface area is 224 Å². The molecule has 0 aliphatic rings. The van der Waals surface area contributed by atoms with E-state index in [9.17, 15) is 9.59 Å². The fraction of sp³-hybridized carbons (Fsp3) is 0.938. The molecule has 0 radical (unpaired) electrons. The van der Waals surface area contributed by atoms with Crippen molar-refractivity contribution in [3.05, 3.63) is 0 Å². The van der Waals surface area contributed by atoms with E-state index in [0.29, 0.717) is 12.8 Å². The summed E-state index contributed by atoms with van der Waals surface area (Å²) < 4.78 is 0. The molecule has 0 bridgehead atoms. The monoisotopic (exact) mass is 510 g/mol. The van der Waals surface area contributed by atoms with Crippen LogP contribution in [0.4, 0.5) is 0 Å². The zero-order valence-electron chi connectivity index (χ0n) is 24.0. The maximum Gasteiger partial charge on any atom is 0.196 e. The lowest BCUT2D eigenvalue weighted by Gasteiger charge is -2.04. The molecule has 0 saturated carbocycles. The topological polar surface area (TPSA) is 34.1 Å². The van der Waals surface area contributed by atoms with Crippen LogP contribution in [0.5, 0.6) is 0 Å². The van der Waals surface area contributed by atoms with E-state index in [1.165, 1.54) is 141 Å². The van der Waals surface area contributed by atoms with Gasteiger partial charge >= 0.3 is 0 Å². The van der Waals surface area contributed by atoms with Gasteiger partial charge in [0, 0.05) is 12.8 Å². The summed E-state index contributed by atoms with van der Waals surface area (Å²) in [5.41, 5.74) is 0. The highest BCUT2D eigenvalue weighted by atomic mass is 32.2. The summed E-state index contributed by atoms with van der Waals surface area (Å²) in [4.78, 5) is 24.1. The number of carbonyl (C=O) groups excluding carboxylic acids is 2. The molecule has 0 fully saturated rings. The first-order chi connectivity index (χ1) is 17.2. The third-order valence-corrected chi connectivity index (χ3v) is 8.06. The summed E-state index contributed by atoms with van der Waals surface area (Å²) in [5, 5.41) is 0.181. The minimum atomic E-state index is 0.0905. The summed E-state index contributed by atoms with van der Waals surface area (Å²) in [6.07, 6.45) is 35.4. The molecule has 0 N–H and O–H groups in total. The van der Waals surface area contributed by atoms with Gasteiger partial charge in [-0.05, 0) is 24.6 Å². The first-order valence-corrected chi connectivity index (χ1v) is 16.8. The summed E-state index contributed by atoms with van der Waals surface area (Å²) in [6.45, 7) is 4.55. The van der Waals surface area contributed by atoms with Crippen LogP contribution in [0, 0.1) is 0 Å². The number of hydrogen-bond acceptors (Lipinski definition) is 3. The lowest BCUT2D eigenvalue weighted by molar-refractivity contribution is -0.113. The lowest BCUT2D eigenvalue weighted by atomic mass is 10.0. The van der Waals surface area contributed by atoms with Crippen molar-refractivity contribution < 1.29 is 9.59 Å². The summed E-state index contributed by atoms with van der Waals surface area (Å²) in [6, 6.07) is 0. The molecule has 0 atom stereocenters. The summed E-state index contributed by atoms with van der Waals surface area (Å²) >= 11 is 0.990. The molecule has 0 aromatic carbocycles. The molecule has 208 valence electrons. The van der Waals surface area contributed by atoms with E-state index >= 15 is 0 Å². The van der Waals surface area contributed by atoms with Gasteiger partial charge < -0.3 is 0 Å². The SMILES string of the molecule is CCCCCCCCCCCCCCCC(=O)SC(=O)CCCCCCCCCCCCCCC. The van der Waals surface area contributed by atoms with Gasteiger partial charge in [-0.15, -0.1) is 0 Å². The third-order valence-electron chi connectivity index (χ3n) is 7.20. The molecule has 35 heavy (non-hydrogen) atoms. The van der Waals surface area contributed by atoms with Crippen molar-refractivity contribution in [3.63, 3.8) is 0 Å². The fourth-order valence-corrected chi connectivity index (χ4v) is 5.55.